The third-order valence-corrected chi connectivity index (χ3v) is 6.31. The lowest BCUT2D eigenvalue weighted by atomic mass is 9.98. The van der Waals surface area contributed by atoms with E-state index in [4.69, 9.17) is 4.42 Å². The first-order valence-electron chi connectivity index (χ1n) is 10.7. The van der Waals surface area contributed by atoms with Crippen LogP contribution < -0.4 is 4.57 Å². The number of hydrogen-bond acceptors (Lipinski definition) is 1. The molecule has 4 aromatic carbocycles. The largest absolute Gasteiger partial charge is 0.455 e. The van der Waals surface area contributed by atoms with Crippen LogP contribution in [0.2, 0.25) is 0 Å². The molecule has 0 saturated carbocycles. The fourth-order valence-corrected chi connectivity index (χ4v) is 4.64. The number of aromatic nitrogens is 1. The van der Waals surface area contributed by atoms with Gasteiger partial charge in [0.25, 0.3) is 0 Å². The van der Waals surface area contributed by atoms with Crippen molar-refractivity contribution < 1.29 is 13.4 Å². The monoisotopic (exact) mass is 418 g/mol. The van der Waals surface area contributed by atoms with Crippen molar-refractivity contribution in [3.63, 3.8) is 0 Å². The SMILES string of the molecule is Cc1ccc2c(oc3cc(-c4ccc5ccccc5c4)c(F)cc32)c1-c1cccc[n+]1C. The van der Waals surface area contributed by atoms with Crippen molar-refractivity contribution in [3.05, 3.63) is 103 Å². The summed E-state index contributed by atoms with van der Waals surface area (Å²) in [5.41, 5.74) is 6.08. The zero-order valence-corrected chi connectivity index (χ0v) is 17.9. The first-order valence-corrected chi connectivity index (χ1v) is 10.7. The maximum absolute atomic E-state index is 15.3. The van der Waals surface area contributed by atoms with Gasteiger partial charge in [0.1, 0.15) is 24.0 Å². The molecule has 0 aliphatic rings. The number of rotatable bonds is 2. The van der Waals surface area contributed by atoms with E-state index in [0.29, 0.717) is 11.1 Å². The van der Waals surface area contributed by atoms with Gasteiger partial charge in [0.15, 0.2) is 6.20 Å². The Hall–Kier alpha value is -3.98. The molecule has 6 rings (SSSR count). The highest BCUT2D eigenvalue weighted by atomic mass is 19.1. The summed E-state index contributed by atoms with van der Waals surface area (Å²) in [6.45, 7) is 2.08. The molecule has 154 valence electrons. The molecule has 2 heterocycles. The van der Waals surface area contributed by atoms with Crippen molar-refractivity contribution in [2.75, 3.05) is 0 Å². The molecule has 0 spiro atoms. The number of benzene rings is 4. The lowest BCUT2D eigenvalue weighted by molar-refractivity contribution is -0.660. The standard InChI is InChI=1S/C29H21FNO/c1-18-10-13-22-24-16-25(30)23(21-12-11-19-7-3-4-8-20(19)15-21)17-27(24)32-29(22)28(18)26-9-5-6-14-31(26)2/h3-17H,1-2H3/q+1. The number of fused-ring (bicyclic) bond motifs is 4. The van der Waals surface area contributed by atoms with Crippen LogP contribution in [0.4, 0.5) is 4.39 Å². The van der Waals surface area contributed by atoms with Crippen LogP contribution >= 0.6 is 0 Å². The number of pyridine rings is 1. The van der Waals surface area contributed by atoms with E-state index >= 15 is 4.39 Å². The van der Waals surface area contributed by atoms with E-state index < -0.39 is 0 Å². The van der Waals surface area contributed by atoms with Crippen LogP contribution in [-0.2, 0) is 7.05 Å². The zero-order chi connectivity index (χ0) is 21.8. The van der Waals surface area contributed by atoms with Crippen molar-refractivity contribution in [1.82, 2.24) is 0 Å². The Kier molecular flexibility index (Phi) is 4.12. The molecular weight excluding hydrogens is 397 g/mol. The van der Waals surface area contributed by atoms with Crippen LogP contribution in [0.25, 0.3) is 55.1 Å². The Morgan fingerprint density at radius 3 is 2.44 bits per heavy atom. The van der Waals surface area contributed by atoms with Gasteiger partial charge < -0.3 is 4.42 Å². The summed E-state index contributed by atoms with van der Waals surface area (Å²) in [7, 11) is 2.02. The third-order valence-electron chi connectivity index (χ3n) is 6.31. The van der Waals surface area contributed by atoms with E-state index in [1.54, 1.807) is 6.07 Å². The average molecular weight is 418 g/mol. The maximum Gasteiger partial charge on any atom is 0.216 e. The topological polar surface area (TPSA) is 17.0 Å². The molecule has 0 bridgehead atoms. The Bertz CT molecular complexity index is 1660. The second-order valence-electron chi connectivity index (χ2n) is 8.32. The van der Waals surface area contributed by atoms with Gasteiger partial charge in [0.05, 0.1) is 5.56 Å². The van der Waals surface area contributed by atoms with Crippen LogP contribution in [0, 0.1) is 12.7 Å². The van der Waals surface area contributed by atoms with E-state index in [9.17, 15) is 0 Å². The van der Waals surface area contributed by atoms with Crippen LogP contribution in [0.5, 0.6) is 0 Å². The number of furan rings is 1. The van der Waals surface area contributed by atoms with E-state index in [2.05, 4.69) is 29.7 Å². The van der Waals surface area contributed by atoms with Crippen molar-refractivity contribution in [3.8, 4) is 22.4 Å². The summed E-state index contributed by atoms with van der Waals surface area (Å²) in [4.78, 5) is 0. The van der Waals surface area contributed by atoms with E-state index in [1.807, 2.05) is 73.9 Å². The van der Waals surface area contributed by atoms with E-state index in [-0.39, 0.29) is 5.82 Å². The van der Waals surface area contributed by atoms with Crippen molar-refractivity contribution >= 4 is 32.7 Å². The molecule has 0 radical (unpaired) electrons. The van der Waals surface area contributed by atoms with Gasteiger partial charge in [-0.1, -0.05) is 48.5 Å². The molecule has 6 aromatic rings. The number of halogens is 1. The number of hydrogen-bond donors (Lipinski definition) is 0. The van der Waals surface area contributed by atoms with Crippen molar-refractivity contribution in [1.29, 1.82) is 0 Å². The fraction of sp³-hybridized carbons (Fsp3) is 0.0690. The second-order valence-corrected chi connectivity index (χ2v) is 8.32. The smallest absolute Gasteiger partial charge is 0.216 e. The summed E-state index contributed by atoms with van der Waals surface area (Å²) in [6.07, 6.45) is 2.02. The quantitative estimate of drug-likeness (QED) is 0.269. The van der Waals surface area contributed by atoms with Gasteiger partial charge in [-0.3, -0.25) is 0 Å². The predicted octanol–water partition coefficient (Wildman–Crippen LogP) is 7.35. The highest BCUT2D eigenvalue weighted by molar-refractivity contribution is 6.10. The summed E-state index contributed by atoms with van der Waals surface area (Å²) in [6, 6.07) is 27.8. The summed E-state index contributed by atoms with van der Waals surface area (Å²) in [5, 5.41) is 3.94. The minimum absolute atomic E-state index is 0.247. The Labute approximate surface area is 185 Å². The lowest BCUT2D eigenvalue weighted by Crippen LogP contribution is -2.30. The Morgan fingerprint density at radius 1 is 0.781 bits per heavy atom. The highest BCUT2D eigenvalue weighted by Gasteiger charge is 2.21. The average Bonchev–Trinajstić information content (AvgIpc) is 3.16. The molecule has 2 nitrogen and oxygen atoms in total. The maximum atomic E-state index is 15.3. The predicted molar refractivity (Wildman–Crippen MR) is 128 cm³/mol. The van der Waals surface area contributed by atoms with Crippen LogP contribution in [0.1, 0.15) is 5.56 Å². The Morgan fingerprint density at radius 2 is 1.59 bits per heavy atom. The van der Waals surface area contributed by atoms with Gasteiger partial charge in [0.2, 0.25) is 5.69 Å². The van der Waals surface area contributed by atoms with E-state index in [0.717, 1.165) is 49.5 Å². The first-order chi connectivity index (χ1) is 15.6. The molecule has 0 fully saturated rings. The van der Waals surface area contributed by atoms with Crippen LogP contribution in [0.3, 0.4) is 0 Å². The van der Waals surface area contributed by atoms with Gasteiger partial charge >= 0.3 is 0 Å². The van der Waals surface area contributed by atoms with Gasteiger partial charge in [-0.2, -0.15) is 0 Å². The first kappa shape index (κ1) is 18.8. The second kappa shape index (κ2) is 7.03. The van der Waals surface area contributed by atoms with Crippen LogP contribution in [0.15, 0.2) is 95.5 Å². The normalized spacial score (nSPS) is 11.6. The number of nitrogens with zero attached hydrogens (tertiary/aromatic N) is 1. The minimum atomic E-state index is -0.247. The van der Waals surface area contributed by atoms with Crippen molar-refractivity contribution in [2.45, 2.75) is 6.92 Å². The van der Waals surface area contributed by atoms with Gasteiger partial charge in [-0.15, -0.1) is 0 Å². The van der Waals surface area contributed by atoms with Gasteiger partial charge in [0, 0.05) is 28.5 Å². The van der Waals surface area contributed by atoms with E-state index in [1.165, 1.54) is 0 Å². The van der Waals surface area contributed by atoms with Crippen LogP contribution in [-0.4, -0.2) is 0 Å². The molecule has 0 unspecified atom stereocenters. The van der Waals surface area contributed by atoms with Gasteiger partial charge in [-0.25, -0.2) is 8.96 Å². The summed E-state index contributed by atoms with van der Waals surface area (Å²) in [5.74, 6) is -0.247. The molecule has 32 heavy (non-hydrogen) atoms. The number of aryl methyl sites for hydroxylation is 2. The molecule has 0 aliphatic carbocycles. The minimum Gasteiger partial charge on any atom is -0.455 e. The molecule has 0 amide bonds. The highest BCUT2D eigenvalue weighted by Crippen LogP contribution is 2.39. The fourth-order valence-electron chi connectivity index (χ4n) is 4.64. The Balaban J connectivity index is 1.61. The molecule has 2 aromatic heterocycles. The van der Waals surface area contributed by atoms with Gasteiger partial charge in [-0.05, 0) is 53.1 Å². The van der Waals surface area contributed by atoms with Crippen molar-refractivity contribution in [2.24, 2.45) is 7.05 Å². The molecule has 0 saturated heterocycles. The molecule has 0 N–H and O–H groups in total. The third kappa shape index (κ3) is 2.82. The molecular formula is C29H21FNO+. The molecule has 0 atom stereocenters. The zero-order valence-electron chi connectivity index (χ0n) is 17.9. The molecule has 3 heteroatoms. The summed E-state index contributed by atoms with van der Waals surface area (Å²) >= 11 is 0. The molecule has 0 aliphatic heterocycles. The lowest BCUT2D eigenvalue weighted by Gasteiger charge is -2.06. The summed E-state index contributed by atoms with van der Waals surface area (Å²) < 4.78 is 23.8.